The van der Waals surface area contributed by atoms with Gasteiger partial charge in [0.25, 0.3) is 0 Å². The van der Waals surface area contributed by atoms with Gasteiger partial charge in [-0.3, -0.25) is 0 Å². The molecule has 5 heteroatoms. The number of ether oxygens (including phenoxy) is 3. The third-order valence-electron chi connectivity index (χ3n) is 3.19. The molecule has 2 rings (SSSR count). The van der Waals surface area contributed by atoms with Crippen molar-refractivity contribution in [2.75, 3.05) is 21.3 Å². The molecule has 1 aromatic heterocycles. The summed E-state index contributed by atoms with van der Waals surface area (Å²) >= 11 is 0. The molecular weight excluding hydrogens is 246 g/mol. The summed E-state index contributed by atoms with van der Waals surface area (Å²) in [5, 5.41) is 0.930. The fourth-order valence-electron chi connectivity index (χ4n) is 2.11. The highest BCUT2D eigenvalue weighted by Gasteiger charge is 2.18. The van der Waals surface area contributed by atoms with E-state index in [0.717, 1.165) is 10.9 Å². The molecule has 0 bridgehead atoms. The van der Waals surface area contributed by atoms with Crippen molar-refractivity contribution >= 4 is 16.9 Å². The number of aromatic nitrogens is 1. The number of fused-ring (bicyclic) bond motifs is 1. The van der Waals surface area contributed by atoms with Gasteiger partial charge in [0.05, 0.1) is 26.8 Å². The number of carbonyl (C=O) groups is 1. The molecule has 0 amide bonds. The van der Waals surface area contributed by atoms with Crippen LogP contribution in [-0.4, -0.2) is 31.9 Å². The van der Waals surface area contributed by atoms with Gasteiger partial charge >= 0.3 is 5.97 Å². The van der Waals surface area contributed by atoms with Crippen molar-refractivity contribution in [3.8, 4) is 11.5 Å². The van der Waals surface area contributed by atoms with E-state index in [4.69, 9.17) is 14.2 Å². The van der Waals surface area contributed by atoms with E-state index >= 15 is 0 Å². The van der Waals surface area contributed by atoms with Gasteiger partial charge in [-0.25, -0.2) is 4.79 Å². The lowest BCUT2D eigenvalue weighted by molar-refractivity contribution is -0.143. The van der Waals surface area contributed by atoms with E-state index in [-0.39, 0.29) is 5.97 Å². The summed E-state index contributed by atoms with van der Waals surface area (Å²) in [6.07, 6.45) is 1.84. The van der Waals surface area contributed by atoms with Crippen molar-refractivity contribution in [1.82, 2.24) is 4.57 Å². The van der Waals surface area contributed by atoms with Crippen LogP contribution in [0.5, 0.6) is 11.5 Å². The zero-order chi connectivity index (χ0) is 14.0. The van der Waals surface area contributed by atoms with Gasteiger partial charge in [-0.05, 0) is 13.0 Å². The topological polar surface area (TPSA) is 49.7 Å². The Morgan fingerprint density at radius 1 is 1.21 bits per heavy atom. The highest BCUT2D eigenvalue weighted by molar-refractivity contribution is 5.89. The second-order valence-electron chi connectivity index (χ2n) is 4.18. The molecule has 0 aliphatic rings. The zero-order valence-electron chi connectivity index (χ0n) is 11.5. The minimum Gasteiger partial charge on any atom is -0.497 e. The lowest BCUT2D eigenvalue weighted by atomic mass is 10.2. The standard InChI is InChI=1S/C14H17NO4/c1-9(14(16)19-4)15-6-5-11-12(15)7-10(17-2)8-13(11)18-3/h5-9H,1-4H3. The molecule has 0 saturated heterocycles. The van der Waals surface area contributed by atoms with Gasteiger partial charge in [0, 0.05) is 23.7 Å². The summed E-state index contributed by atoms with van der Waals surface area (Å²) in [6, 6.07) is 5.19. The highest BCUT2D eigenvalue weighted by Crippen LogP contribution is 2.33. The Hall–Kier alpha value is -2.17. The first-order valence-electron chi connectivity index (χ1n) is 5.92. The molecule has 2 aromatic rings. The first-order chi connectivity index (χ1) is 9.12. The molecule has 1 atom stereocenters. The van der Waals surface area contributed by atoms with Crippen molar-refractivity contribution in [3.05, 3.63) is 24.4 Å². The summed E-state index contributed by atoms with van der Waals surface area (Å²) < 4.78 is 17.2. The lowest BCUT2D eigenvalue weighted by Gasteiger charge is -2.14. The molecule has 1 unspecified atom stereocenters. The largest absolute Gasteiger partial charge is 0.497 e. The predicted molar refractivity (Wildman–Crippen MR) is 71.8 cm³/mol. The van der Waals surface area contributed by atoms with Crippen molar-refractivity contribution in [2.24, 2.45) is 0 Å². The maximum atomic E-state index is 11.7. The summed E-state index contributed by atoms with van der Waals surface area (Å²) in [7, 11) is 4.58. The van der Waals surface area contributed by atoms with E-state index in [1.807, 2.05) is 29.0 Å². The average molecular weight is 263 g/mol. The van der Waals surface area contributed by atoms with Crippen LogP contribution in [0.4, 0.5) is 0 Å². The van der Waals surface area contributed by atoms with E-state index in [2.05, 4.69) is 0 Å². The highest BCUT2D eigenvalue weighted by atomic mass is 16.5. The van der Waals surface area contributed by atoms with Crippen LogP contribution in [0.3, 0.4) is 0 Å². The van der Waals surface area contributed by atoms with Crippen molar-refractivity contribution < 1.29 is 19.0 Å². The van der Waals surface area contributed by atoms with Crippen molar-refractivity contribution in [2.45, 2.75) is 13.0 Å². The number of hydrogen-bond donors (Lipinski definition) is 0. The summed E-state index contributed by atoms with van der Waals surface area (Å²) in [6.45, 7) is 1.79. The van der Waals surface area contributed by atoms with Crippen molar-refractivity contribution in [3.63, 3.8) is 0 Å². The molecule has 102 valence electrons. The first-order valence-corrected chi connectivity index (χ1v) is 5.92. The molecule has 0 fully saturated rings. The molecule has 0 saturated carbocycles. The normalized spacial score (nSPS) is 12.2. The molecule has 1 aromatic carbocycles. The smallest absolute Gasteiger partial charge is 0.328 e. The Bertz CT molecular complexity index is 603. The number of carbonyl (C=O) groups excluding carboxylic acids is 1. The number of rotatable bonds is 4. The fourth-order valence-corrected chi connectivity index (χ4v) is 2.11. The van der Waals surface area contributed by atoms with E-state index in [0.29, 0.717) is 11.5 Å². The Kier molecular flexibility index (Phi) is 3.64. The van der Waals surface area contributed by atoms with Gasteiger partial charge in [-0.2, -0.15) is 0 Å². The Labute approximate surface area is 111 Å². The maximum absolute atomic E-state index is 11.7. The third-order valence-corrected chi connectivity index (χ3v) is 3.19. The molecule has 5 nitrogen and oxygen atoms in total. The lowest BCUT2D eigenvalue weighted by Crippen LogP contribution is -2.16. The van der Waals surface area contributed by atoms with Crippen LogP contribution in [0.2, 0.25) is 0 Å². The van der Waals surface area contributed by atoms with Crippen molar-refractivity contribution in [1.29, 1.82) is 0 Å². The van der Waals surface area contributed by atoms with Crippen LogP contribution in [0.15, 0.2) is 24.4 Å². The average Bonchev–Trinajstić information content (AvgIpc) is 2.88. The quantitative estimate of drug-likeness (QED) is 0.795. The molecule has 19 heavy (non-hydrogen) atoms. The number of methoxy groups -OCH3 is 3. The fraction of sp³-hybridized carbons (Fsp3) is 0.357. The Balaban J connectivity index is 2.61. The second kappa shape index (κ2) is 5.22. The van der Waals surface area contributed by atoms with Crippen LogP contribution < -0.4 is 9.47 Å². The Morgan fingerprint density at radius 2 is 1.95 bits per heavy atom. The molecule has 0 radical (unpaired) electrons. The number of benzene rings is 1. The van der Waals surface area contributed by atoms with E-state index in [9.17, 15) is 4.79 Å². The third kappa shape index (κ3) is 2.23. The van der Waals surface area contributed by atoms with Crippen LogP contribution in [0.25, 0.3) is 10.9 Å². The predicted octanol–water partition coefficient (Wildman–Crippen LogP) is 2.39. The monoisotopic (exact) mass is 263 g/mol. The number of esters is 1. The molecule has 0 N–H and O–H groups in total. The minimum atomic E-state index is -0.403. The van der Waals surface area contributed by atoms with Crippen LogP contribution in [0.1, 0.15) is 13.0 Å². The van der Waals surface area contributed by atoms with Gasteiger partial charge in [0.1, 0.15) is 17.5 Å². The molecule has 1 heterocycles. The van der Waals surface area contributed by atoms with E-state index in [1.165, 1.54) is 7.11 Å². The van der Waals surface area contributed by atoms with Gasteiger partial charge < -0.3 is 18.8 Å². The van der Waals surface area contributed by atoms with Crippen LogP contribution in [-0.2, 0) is 9.53 Å². The van der Waals surface area contributed by atoms with E-state index in [1.54, 1.807) is 21.1 Å². The van der Waals surface area contributed by atoms with Crippen LogP contribution in [0, 0.1) is 0 Å². The zero-order valence-corrected chi connectivity index (χ0v) is 11.5. The second-order valence-corrected chi connectivity index (χ2v) is 4.18. The molecule has 0 spiro atoms. The first kappa shape index (κ1) is 13.3. The van der Waals surface area contributed by atoms with Gasteiger partial charge in [-0.1, -0.05) is 0 Å². The molecule has 0 aliphatic carbocycles. The van der Waals surface area contributed by atoms with Gasteiger partial charge in [0.2, 0.25) is 0 Å². The number of hydrogen-bond acceptors (Lipinski definition) is 4. The molecular formula is C14H17NO4. The maximum Gasteiger partial charge on any atom is 0.328 e. The number of nitrogens with zero attached hydrogens (tertiary/aromatic N) is 1. The summed E-state index contributed by atoms with van der Waals surface area (Å²) in [5.41, 5.74) is 0.870. The van der Waals surface area contributed by atoms with E-state index < -0.39 is 6.04 Å². The summed E-state index contributed by atoms with van der Waals surface area (Å²) in [4.78, 5) is 11.7. The van der Waals surface area contributed by atoms with Gasteiger partial charge in [-0.15, -0.1) is 0 Å². The SMILES string of the molecule is COC(=O)C(C)n1ccc2c(OC)cc(OC)cc21. The summed E-state index contributed by atoms with van der Waals surface area (Å²) in [5.74, 6) is 1.10. The van der Waals surface area contributed by atoms with Crippen LogP contribution >= 0.6 is 0 Å². The minimum absolute atomic E-state index is 0.292. The molecule has 0 aliphatic heterocycles. The Morgan fingerprint density at radius 3 is 2.53 bits per heavy atom. The van der Waals surface area contributed by atoms with Gasteiger partial charge in [0.15, 0.2) is 0 Å².